The number of likely N-dealkylation sites (tertiary alicyclic amines) is 1. The molecule has 0 aromatic rings. The van der Waals surface area contributed by atoms with Crippen molar-refractivity contribution in [1.29, 1.82) is 0 Å². The summed E-state index contributed by atoms with van der Waals surface area (Å²) in [5, 5.41) is 0. The predicted molar refractivity (Wildman–Crippen MR) is 56.2 cm³/mol. The van der Waals surface area contributed by atoms with Crippen LogP contribution in [0.5, 0.6) is 0 Å². The van der Waals surface area contributed by atoms with Crippen molar-refractivity contribution in [2.45, 2.75) is 31.6 Å². The smallest absolute Gasteiger partial charge is 0.234 e. The molecule has 1 aliphatic heterocycles. The number of methoxy groups -OCH3 is 2. The molecule has 0 bridgehead atoms. The van der Waals surface area contributed by atoms with Crippen LogP contribution < -0.4 is 5.73 Å². The first kappa shape index (κ1) is 12.4. The van der Waals surface area contributed by atoms with Crippen molar-refractivity contribution in [2.24, 2.45) is 5.73 Å². The predicted octanol–water partition coefficient (Wildman–Crippen LogP) is -0.0549. The third-order valence-electron chi connectivity index (χ3n) is 2.85. The molecule has 0 aromatic heterocycles. The molecule has 5 heteroatoms. The summed E-state index contributed by atoms with van der Waals surface area (Å²) in [5.41, 5.74) is 5.35. The molecule has 15 heavy (non-hydrogen) atoms. The SMILES string of the molecule is COC(CN1CCCCC1C(N)=O)OC. The lowest BCUT2D eigenvalue weighted by atomic mass is 10.0. The number of hydrogen-bond acceptors (Lipinski definition) is 4. The van der Waals surface area contributed by atoms with Gasteiger partial charge in [-0.1, -0.05) is 6.42 Å². The van der Waals surface area contributed by atoms with Gasteiger partial charge in [-0.25, -0.2) is 0 Å². The molecule has 1 saturated heterocycles. The van der Waals surface area contributed by atoms with Crippen molar-refractivity contribution >= 4 is 5.91 Å². The van der Waals surface area contributed by atoms with E-state index in [1.807, 2.05) is 4.90 Å². The standard InChI is InChI=1S/C10H20N2O3/c1-14-9(15-2)7-12-6-4-3-5-8(12)10(11)13/h8-9H,3-7H2,1-2H3,(H2,11,13). The van der Waals surface area contributed by atoms with Crippen LogP contribution >= 0.6 is 0 Å². The van der Waals surface area contributed by atoms with Gasteiger partial charge in [0.2, 0.25) is 5.91 Å². The molecule has 1 aliphatic rings. The second-order valence-electron chi connectivity index (χ2n) is 3.81. The number of rotatable bonds is 5. The van der Waals surface area contributed by atoms with Crippen molar-refractivity contribution < 1.29 is 14.3 Å². The molecule has 0 saturated carbocycles. The first-order valence-electron chi connectivity index (χ1n) is 5.28. The van der Waals surface area contributed by atoms with Crippen LogP contribution in [-0.2, 0) is 14.3 Å². The molecule has 0 aliphatic carbocycles. The normalized spacial score (nSPS) is 23.3. The Labute approximate surface area is 90.5 Å². The number of nitrogens with two attached hydrogens (primary N) is 1. The topological polar surface area (TPSA) is 64.8 Å². The number of carbonyl (C=O) groups excluding carboxylic acids is 1. The second-order valence-corrected chi connectivity index (χ2v) is 3.81. The second kappa shape index (κ2) is 6.05. The number of piperidine rings is 1. The molecule has 0 spiro atoms. The van der Waals surface area contributed by atoms with E-state index in [0.29, 0.717) is 6.54 Å². The summed E-state index contributed by atoms with van der Waals surface area (Å²) < 4.78 is 10.2. The average molecular weight is 216 g/mol. The third kappa shape index (κ3) is 3.44. The summed E-state index contributed by atoms with van der Waals surface area (Å²) in [5.74, 6) is -0.249. The van der Waals surface area contributed by atoms with Gasteiger partial charge in [-0.05, 0) is 19.4 Å². The van der Waals surface area contributed by atoms with Crippen LogP contribution in [0.4, 0.5) is 0 Å². The summed E-state index contributed by atoms with van der Waals surface area (Å²) in [6.45, 7) is 1.48. The minimum absolute atomic E-state index is 0.161. The highest BCUT2D eigenvalue weighted by atomic mass is 16.7. The van der Waals surface area contributed by atoms with Gasteiger partial charge in [0.15, 0.2) is 6.29 Å². The monoisotopic (exact) mass is 216 g/mol. The van der Waals surface area contributed by atoms with Crippen LogP contribution in [0.25, 0.3) is 0 Å². The van der Waals surface area contributed by atoms with Crippen LogP contribution in [0.15, 0.2) is 0 Å². The first-order chi connectivity index (χ1) is 7.19. The Bertz CT molecular complexity index is 207. The average Bonchev–Trinajstić information content (AvgIpc) is 2.26. The number of carbonyl (C=O) groups is 1. The summed E-state index contributed by atoms with van der Waals surface area (Å²) in [6.07, 6.45) is 2.72. The number of primary amides is 1. The zero-order valence-corrected chi connectivity index (χ0v) is 9.44. The summed E-state index contributed by atoms with van der Waals surface area (Å²) in [7, 11) is 3.19. The van der Waals surface area contributed by atoms with E-state index in [1.54, 1.807) is 14.2 Å². The number of hydrogen-bond donors (Lipinski definition) is 1. The zero-order valence-electron chi connectivity index (χ0n) is 9.44. The molecule has 0 aromatic carbocycles. The van der Waals surface area contributed by atoms with Crippen LogP contribution in [-0.4, -0.2) is 50.4 Å². The molecule has 1 amide bonds. The highest BCUT2D eigenvalue weighted by molar-refractivity contribution is 5.79. The van der Waals surface area contributed by atoms with Gasteiger partial charge < -0.3 is 15.2 Å². The van der Waals surface area contributed by atoms with Crippen molar-refractivity contribution in [3.63, 3.8) is 0 Å². The van der Waals surface area contributed by atoms with Crippen molar-refractivity contribution in [3.05, 3.63) is 0 Å². The maximum atomic E-state index is 11.2. The van der Waals surface area contributed by atoms with Gasteiger partial charge in [-0.15, -0.1) is 0 Å². The van der Waals surface area contributed by atoms with Crippen LogP contribution in [0.1, 0.15) is 19.3 Å². The van der Waals surface area contributed by atoms with Crippen molar-refractivity contribution in [2.75, 3.05) is 27.3 Å². The van der Waals surface area contributed by atoms with Crippen LogP contribution in [0.2, 0.25) is 0 Å². The Morgan fingerprint density at radius 3 is 2.67 bits per heavy atom. The fraction of sp³-hybridized carbons (Fsp3) is 0.900. The number of nitrogens with zero attached hydrogens (tertiary/aromatic N) is 1. The van der Waals surface area contributed by atoms with Gasteiger partial charge in [0, 0.05) is 14.2 Å². The van der Waals surface area contributed by atoms with Gasteiger partial charge in [0.25, 0.3) is 0 Å². The largest absolute Gasteiger partial charge is 0.368 e. The molecular formula is C10H20N2O3. The van der Waals surface area contributed by atoms with E-state index in [4.69, 9.17) is 15.2 Å². The maximum absolute atomic E-state index is 11.2. The maximum Gasteiger partial charge on any atom is 0.234 e. The van der Waals surface area contributed by atoms with E-state index in [9.17, 15) is 4.79 Å². The van der Waals surface area contributed by atoms with Crippen molar-refractivity contribution in [1.82, 2.24) is 4.90 Å². The Kier molecular flexibility index (Phi) is 5.01. The van der Waals surface area contributed by atoms with E-state index in [1.165, 1.54) is 0 Å². The molecule has 1 heterocycles. The number of ether oxygens (including phenoxy) is 2. The molecule has 88 valence electrons. The molecule has 2 N–H and O–H groups in total. The Morgan fingerprint density at radius 1 is 1.47 bits per heavy atom. The first-order valence-corrected chi connectivity index (χ1v) is 5.28. The van der Waals surface area contributed by atoms with Gasteiger partial charge in [0.1, 0.15) is 0 Å². The molecule has 1 rings (SSSR count). The van der Waals surface area contributed by atoms with Gasteiger partial charge in [-0.3, -0.25) is 9.69 Å². The summed E-state index contributed by atoms with van der Waals surface area (Å²) >= 11 is 0. The lowest BCUT2D eigenvalue weighted by Gasteiger charge is -2.35. The van der Waals surface area contributed by atoms with Crippen LogP contribution in [0, 0.1) is 0 Å². The van der Waals surface area contributed by atoms with Crippen molar-refractivity contribution in [3.8, 4) is 0 Å². The Hall–Kier alpha value is -0.650. The minimum Gasteiger partial charge on any atom is -0.368 e. The van der Waals surface area contributed by atoms with Gasteiger partial charge >= 0.3 is 0 Å². The lowest BCUT2D eigenvalue weighted by Crippen LogP contribution is -2.50. The van der Waals surface area contributed by atoms with E-state index in [-0.39, 0.29) is 18.2 Å². The quantitative estimate of drug-likeness (QED) is 0.654. The van der Waals surface area contributed by atoms with E-state index in [2.05, 4.69) is 0 Å². The fourth-order valence-corrected chi connectivity index (χ4v) is 1.97. The molecule has 1 fully saturated rings. The molecule has 1 unspecified atom stereocenters. The molecular weight excluding hydrogens is 196 g/mol. The number of amides is 1. The zero-order chi connectivity index (χ0) is 11.3. The molecule has 5 nitrogen and oxygen atoms in total. The summed E-state index contributed by atoms with van der Waals surface area (Å²) in [4.78, 5) is 13.3. The van der Waals surface area contributed by atoms with Crippen LogP contribution in [0.3, 0.4) is 0 Å². The minimum atomic E-state index is -0.287. The van der Waals surface area contributed by atoms with Gasteiger partial charge in [-0.2, -0.15) is 0 Å². The highest BCUT2D eigenvalue weighted by Crippen LogP contribution is 2.17. The Morgan fingerprint density at radius 2 is 2.13 bits per heavy atom. The molecule has 0 radical (unpaired) electrons. The highest BCUT2D eigenvalue weighted by Gasteiger charge is 2.28. The molecule has 1 atom stereocenters. The summed E-state index contributed by atoms with van der Waals surface area (Å²) in [6, 6.07) is -0.161. The van der Waals surface area contributed by atoms with Gasteiger partial charge in [0.05, 0.1) is 12.6 Å². The van der Waals surface area contributed by atoms with E-state index < -0.39 is 0 Å². The van der Waals surface area contributed by atoms with E-state index in [0.717, 1.165) is 25.8 Å². The third-order valence-corrected chi connectivity index (χ3v) is 2.85. The van der Waals surface area contributed by atoms with E-state index >= 15 is 0 Å². The lowest BCUT2D eigenvalue weighted by molar-refractivity contribution is -0.136. The Balaban J connectivity index is 2.52. The fourth-order valence-electron chi connectivity index (χ4n) is 1.97.